The Morgan fingerprint density at radius 2 is 1.96 bits per heavy atom. The molecule has 1 heterocycles. The number of halogens is 1. The van der Waals surface area contributed by atoms with Gasteiger partial charge in [-0.2, -0.15) is 0 Å². The number of aryl methyl sites for hydroxylation is 1. The minimum atomic E-state index is -0.698. The van der Waals surface area contributed by atoms with Crippen LogP contribution < -0.4 is 15.8 Å². The third-order valence-corrected chi connectivity index (χ3v) is 5.63. The van der Waals surface area contributed by atoms with Gasteiger partial charge in [-0.05, 0) is 49.4 Å². The lowest BCUT2D eigenvalue weighted by molar-refractivity contribution is -0.149. The van der Waals surface area contributed by atoms with Crippen molar-refractivity contribution in [2.24, 2.45) is 5.73 Å². The summed E-state index contributed by atoms with van der Waals surface area (Å²) < 4.78 is 10.2. The van der Waals surface area contributed by atoms with Crippen LogP contribution in [0, 0.1) is 0 Å². The van der Waals surface area contributed by atoms with Crippen LogP contribution in [-0.2, 0) is 27.2 Å². The van der Waals surface area contributed by atoms with Crippen LogP contribution in [0.5, 0.6) is 5.75 Å². The number of hydrogen-bond donors (Lipinski definition) is 2. The van der Waals surface area contributed by atoms with Crippen LogP contribution in [0.1, 0.15) is 33.6 Å². The zero-order valence-corrected chi connectivity index (χ0v) is 16.5. The van der Waals surface area contributed by atoms with E-state index in [0.29, 0.717) is 21.3 Å². The summed E-state index contributed by atoms with van der Waals surface area (Å²) in [5.74, 6) is -1.39. The van der Waals surface area contributed by atoms with E-state index < -0.39 is 24.4 Å². The second kappa shape index (κ2) is 9.07. The van der Waals surface area contributed by atoms with Crippen LogP contribution in [-0.4, -0.2) is 31.0 Å². The number of fused-ring (bicyclic) bond motifs is 1. The normalized spacial score (nSPS) is 12.8. The van der Waals surface area contributed by atoms with Crippen LogP contribution in [0.25, 0.3) is 0 Å². The summed E-state index contributed by atoms with van der Waals surface area (Å²) in [6.45, 7) is -0.841. The smallest absolute Gasteiger partial charge is 0.344 e. The molecule has 28 heavy (non-hydrogen) atoms. The van der Waals surface area contributed by atoms with Crippen molar-refractivity contribution in [3.63, 3.8) is 0 Å². The Morgan fingerprint density at radius 1 is 1.18 bits per heavy atom. The molecule has 7 nitrogen and oxygen atoms in total. The van der Waals surface area contributed by atoms with Crippen molar-refractivity contribution in [2.75, 3.05) is 18.5 Å². The monoisotopic (exact) mass is 422 g/mol. The molecule has 0 unspecified atom stereocenters. The SMILES string of the molecule is NC(=O)c1c(NC(=O)COC(=O)COc2cccc(Cl)c2)sc2c1CCCC2. The fourth-order valence-electron chi connectivity index (χ4n) is 2.96. The van der Waals surface area contributed by atoms with Crippen LogP contribution in [0.2, 0.25) is 5.02 Å². The molecule has 1 aliphatic carbocycles. The molecule has 0 aliphatic heterocycles. The third-order valence-electron chi connectivity index (χ3n) is 4.19. The number of ether oxygens (including phenoxy) is 2. The van der Waals surface area contributed by atoms with E-state index in [2.05, 4.69) is 5.32 Å². The molecule has 0 fully saturated rings. The van der Waals surface area contributed by atoms with Crippen molar-refractivity contribution < 1.29 is 23.9 Å². The van der Waals surface area contributed by atoms with Crippen molar-refractivity contribution in [1.29, 1.82) is 0 Å². The van der Waals surface area contributed by atoms with Gasteiger partial charge >= 0.3 is 5.97 Å². The molecule has 0 atom stereocenters. The van der Waals surface area contributed by atoms with Gasteiger partial charge in [0.15, 0.2) is 13.2 Å². The molecule has 0 saturated carbocycles. The number of anilines is 1. The first-order chi connectivity index (χ1) is 13.4. The molecule has 9 heteroatoms. The maximum atomic E-state index is 12.1. The van der Waals surface area contributed by atoms with E-state index in [9.17, 15) is 14.4 Å². The van der Waals surface area contributed by atoms with Gasteiger partial charge in [-0.3, -0.25) is 9.59 Å². The van der Waals surface area contributed by atoms with Crippen LogP contribution >= 0.6 is 22.9 Å². The van der Waals surface area contributed by atoms with E-state index in [1.54, 1.807) is 24.3 Å². The number of esters is 1. The van der Waals surface area contributed by atoms with E-state index >= 15 is 0 Å². The van der Waals surface area contributed by atoms with Crippen LogP contribution in [0.4, 0.5) is 5.00 Å². The second-order valence-corrected chi connectivity index (χ2v) is 7.78. The van der Waals surface area contributed by atoms with Gasteiger partial charge < -0.3 is 20.5 Å². The number of carbonyl (C=O) groups excluding carboxylic acids is 3. The van der Waals surface area contributed by atoms with Crippen molar-refractivity contribution in [1.82, 2.24) is 0 Å². The van der Waals surface area contributed by atoms with Crippen molar-refractivity contribution in [2.45, 2.75) is 25.7 Å². The summed E-state index contributed by atoms with van der Waals surface area (Å²) >= 11 is 7.18. The number of amides is 2. The molecule has 0 spiro atoms. The summed E-state index contributed by atoms with van der Waals surface area (Å²) in [7, 11) is 0. The van der Waals surface area contributed by atoms with Gasteiger partial charge in [0.1, 0.15) is 10.8 Å². The van der Waals surface area contributed by atoms with Gasteiger partial charge in [0.25, 0.3) is 11.8 Å². The quantitative estimate of drug-likeness (QED) is 0.667. The lowest BCUT2D eigenvalue weighted by atomic mass is 9.95. The van der Waals surface area contributed by atoms with Crippen molar-refractivity contribution in [3.8, 4) is 5.75 Å². The Hall–Kier alpha value is -2.58. The highest BCUT2D eigenvalue weighted by atomic mass is 35.5. The number of nitrogens with two attached hydrogens (primary N) is 1. The highest BCUT2D eigenvalue weighted by molar-refractivity contribution is 7.17. The average Bonchev–Trinajstić information content (AvgIpc) is 3.02. The highest BCUT2D eigenvalue weighted by Crippen LogP contribution is 2.37. The lowest BCUT2D eigenvalue weighted by Gasteiger charge is -2.11. The molecule has 0 radical (unpaired) electrons. The molecule has 3 N–H and O–H groups in total. The number of primary amides is 1. The van der Waals surface area contributed by atoms with E-state index in [-0.39, 0.29) is 6.61 Å². The fourth-order valence-corrected chi connectivity index (χ4v) is 4.46. The summed E-state index contributed by atoms with van der Waals surface area (Å²) in [6.07, 6.45) is 3.67. The average molecular weight is 423 g/mol. The third kappa shape index (κ3) is 5.02. The summed E-state index contributed by atoms with van der Waals surface area (Å²) in [5, 5.41) is 3.52. The van der Waals surface area contributed by atoms with Crippen molar-refractivity contribution >= 4 is 45.7 Å². The van der Waals surface area contributed by atoms with Crippen LogP contribution in [0.15, 0.2) is 24.3 Å². The molecular weight excluding hydrogens is 404 g/mol. The Labute approximate surface area is 170 Å². The Morgan fingerprint density at radius 3 is 2.71 bits per heavy atom. The van der Waals surface area contributed by atoms with Gasteiger partial charge in [0.2, 0.25) is 0 Å². The number of benzene rings is 1. The number of thiophene rings is 1. The minimum absolute atomic E-state index is 0.354. The molecule has 1 aliphatic rings. The van der Waals surface area contributed by atoms with Gasteiger partial charge in [0.05, 0.1) is 5.56 Å². The predicted molar refractivity (Wildman–Crippen MR) is 106 cm³/mol. The number of carbonyl (C=O) groups is 3. The largest absolute Gasteiger partial charge is 0.482 e. The molecule has 0 saturated heterocycles. The second-order valence-electron chi connectivity index (χ2n) is 6.23. The van der Waals surface area contributed by atoms with E-state index in [1.165, 1.54) is 11.3 Å². The van der Waals surface area contributed by atoms with Gasteiger partial charge in [-0.1, -0.05) is 17.7 Å². The lowest BCUT2D eigenvalue weighted by Crippen LogP contribution is -2.24. The topological polar surface area (TPSA) is 108 Å². The molecule has 2 amide bonds. The van der Waals surface area contributed by atoms with Gasteiger partial charge in [-0.15, -0.1) is 11.3 Å². The molecule has 2 aromatic rings. The minimum Gasteiger partial charge on any atom is -0.482 e. The fraction of sp³-hybridized carbons (Fsp3) is 0.316. The Kier molecular flexibility index (Phi) is 6.53. The van der Waals surface area contributed by atoms with E-state index in [0.717, 1.165) is 36.1 Å². The highest BCUT2D eigenvalue weighted by Gasteiger charge is 2.25. The van der Waals surface area contributed by atoms with E-state index in [4.69, 9.17) is 26.8 Å². The first-order valence-electron chi connectivity index (χ1n) is 8.72. The zero-order chi connectivity index (χ0) is 20.1. The summed E-state index contributed by atoms with van der Waals surface area (Å²) in [4.78, 5) is 36.8. The molecule has 1 aromatic carbocycles. The summed E-state index contributed by atoms with van der Waals surface area (Å²) in [5.41, 5.74) is 6.78. The predicted octanol–water partition coefficient (Wildman–Crippen LogP) is 2.94. The first kappa shape index (κ1) is 20.2. The molecule has 3 rings (SSSR count). The molecule has 1 aromatic heterocycles. The van der Waals surface area contributed by atoms with E-state index in [1.807, 2.05) is 0 Å². The number of hydrogen-bond acceptors (Lipinski definition) is 6. The number of rotatable bonds is 7. The Balaban J connectivity index is 1.52. The maximum absolute atomic E-state index is 12.1. The van der Waals surface area contributed by atoms with Gasteiger partial charge in [-0.25, -0.2) is 4.79 Å². The van der Waals surface area contributed by atoms with Crippen LogP contribution in [0.3, 0.4) is 0 Å². The molecule has 148 valence electrons. The summed E-state index contributed by atoms with van der Waals surface area (Å²) in [6, 6.07) is 6.58. The molecule has 0 bridgehead atoms. The molecular formula is C19H19ClN2O5S. The van der Waals surface area contributed by atoms with Gasteiger partial charge in [0, 0.05) is 9.90 Å². The van der Waals surface area contributed by atoms with Crippen molar-refractivity contribution in [3.05, 3.63) is 45.3 Å². The standard InChI is InChI=1S/C19H19ClN2O5S/c20-11-4-3-5-12(8-11)26-10-16(24)27-9-15(23)22-19-17(18(21)25)13-6-1-2-7-14(13)28-19/h3-5,8H,1-2,6-7,9-10H2,(H2,21,25)(H,22,23). The maximum Gasteiger partial charge on any atom is 0.344 e. The first-order valence-corrected chi connectivity index (χ1v) is 9.91. The number of nitrogens with one attached hydrogen (secondary N) is 1. The zero-order valence-electron chi connectivity index (χ0n) is 15.0. The Bertz CT molecular complexity index is 912.